The van der Waals surface area contributed by atoms with Gasteiger partial charge in [0.25, 0.3) is 5.91 Å². The Labute approximate surface area is 111 Å². The van der Waals surface area contributed by atoms with Crippen molar-refractivity contribution < 1.29 is 9.21 Å². The van der Waals surface area contributed by atoms with Crippen molar-refractivity contribution in [2.24, 2.45) is 0 Å². The lowest BCUT2D eigenvalue weighted by Gasteiger charge is -2.11. The van der Waals surface area contributed by atoms with Crippen LogP contribution in [0.4, 0.5) is 0 Å². The van der Waals surface area contributed by atoms with Gasteiger partial charge in [-0.3, -0.25) is 4.79 Å². The van der Waals surface area contributed by atoms with E-state index in [0.29, 0.717) is 16.3 Å². The Balaban J connectivity index is 2.10. The number of nitrogens with zero attached hydrogens (tertiary/aromatic N) is 1. The quantitative estimate of drug-likeness (QED) is 0.836. The molecule has 1 atom stereocenters. The molecule has 0 saturated carbocycles. The first-order valence-electron chi connectivity index (χ1n) is 5.59. The topological polar surface area (TPSA) is 55.1 Å². The molecule has 0 radical (unpaired) electrons. The summed E-state index contributed by atoms with van der Waals surface area (Å²) in [5.74, 6) is 1.03. The number of oxazole rings is 1. The second-order valence-corrected chi connectivity index (χ2v) is 4.50. The van der Waals surface area contributed by atoms with Gasteiger partial charge in [-0.1, -0.05) is 12.1 Å². The minimum absolute atomic E-state index is 0.191. The van der Waals surface area contributed by atoms with Gasteiger partial charge in [-0.2, -0.15) is 0 Å². The molecular formula is C13H14N2O2S. The van der Waals surface area contributed by atoms with E-state index in [1.807, 2.05) is 19.9 Å². The zero-order valence-corrected chi connectivity index (χ0v) is 11.1. The molecule has 0 spiro atoms. The number of aromatic nitrogens is 1. The Morgan fingerprint density at radius 1 is 1.44 bits per heavy atom. The van der Waals surface area contributed by atoms with E-state index < -0.39 is 0 Å². The molecule has 0 fully saturated rings. The third-order valence-corrected chi connectivity index (χ3v) is 2.90. The molecule has 1 amide bonds. The predicted octanol–water partition coefficient (Wildman–Crippen LogP) is 2.76. The van der Waals surface area contributed by atoms with Crippen molar-refractivity contribution in [3.05, 3.63) is 47.7 Å². The first-order chi connectivity index (χ1) is 8.58. The first-order valence-corrected chi connectivity index (χ1v) is 6.04. The highest BCUT2D eigenvalue weighted by atomic mass is 32.1. The van der Waals surface area contributed by atoms with Gasteiger partial charge in [0.2, 0.25) is 5.89 Å². The zero-order chi connectivity index (χ0) is 13.1. The molecule has 1 aromatic heterocycles. The maximum Gasteiger partial charge on any atom is 0.253 e. The predicted molar refractivity (Wildman–Crippen MR) is 70.8 cm³/mol. The second-order valence-electron chi connectivity index (χ2n) is 4.02. The number of hydrogen-bond acceptors (Lipinski definition) is 4. The minimum Gasteiger partial charge on any atom is -0.444 e. The van der Waals surface area contributed by atoms with Gasteiger partial charge in [0.1, 0.15) is 11.8 Å². The number of thiol groups is 1. The molecule has 1 heterocycles. The Hall–Kier alpha value is -1.75. The van der Waals surface area contributed by atoms with Crippen molar-refractivity contribution in [3.63, 3.8) is 0 Å². The fraction of sp³-hybridized carbons (Fsp3) is 0.231. The van der Waals surface area contributed by atoms with E-state index in [0.717, 1.165) is 5.76 Å². The summed E-state index contributed by atoms with van der Waals surface area (Å²) in [6.07, 6.45) is 1.63. The minimum atomic E-state index is -0.279. The van der Waals surface area contributed by atoms with Crippen LogP contribution >= 0.6 is 12.6 Å². The fourth-order valence-corrected chi connectivity index (χ4v) is 1.84. The van der Waals surface area contributed by atoms with Crippen LogP contribution < -0.4 is 5.32 Å². The molecule has 4 nitrogen and oxygen atoms in total. The van der Waals surface area contributed by atoms with Crippen molar-refractivity contribution in [2.45, 2.75) is 24.8 Å². The normalized spacial score (nSPS) is 12.2. The zero-order valence-electron chi connectivity index (χ0n) is 10.2. The number of nitrogens with one attached hydrogen (secondary N) is 1. The summed E-state index contributed by atoms with van der Waals surface area (Å²) in [4.78, 5) is 16.8. The SMILES string of the molecule is Cc1cnc(C(C)NC(=O)c2ccccc2S)o1. The van der Waals surface area contributed by atoms with Crippen LogP contribution in [0.5, 0.6) is 0 Å². The molecule has 18 heavy (non-hydrogen) atoms. The van der Waals surface area contributed by atoms with Gasteiger partial charge in [0, 0.05) is 4.90 Å². The molecule has 0 bridgehead atoms. The van der Waals surface area contributed by atoms with Crippen LogP contribution in [0.25, 0.3) is 0 Å². The van der Waals surface area contributed by atoms with Crippen molar-refractivity contribution in [1.82, 2.24) is 10.3 Å². The van der Waals surface area contributed by atoms with Gasteiger partial charge in [-0.05, 0) is 26.0 Å². The fourth-order valence-electron chi connectivity index (χ4n) is 1.57. The summed E-state index contributed by atoms with van der Waals surface area (Å²) >= 11 is 4.25. The highest BCUT2D eigenvalue weighted by Gasteiger charge is 2.16. The number of carbonyl (C=O) groups excluding carboxylic acids is 1. The molecule has 0 aliphatic carbocycles. The molecule has 5 heteroatoms. The molecule has 0 aliphatic rings. The van der Waals surface area contributed by atoms with Gasteiger partial charge < -0.3 is 9.73 Å². The Morgan fingerprint density at radius 3 is 2.78 bits per heavy atom. The van der Waals surface area contributed by atoms with Crippen LogP contribution in [0, 0.1) is 6.92 Å². The number of hydrogen-bond donors (Lipinski definition) is 2. The van der Waals surface area contributed by atoms with E-state index in [1.54, 1.807) is 24.4 Å². The van der Waals surface area contributed by atoms with Crippen molar-refractivity contribution in [1.29, 1.82) is 0 Å². The standard InChI is InChI=1S/C13H14N2O2S/c1-8-7-14-13(17-8)9(2)15-12(16)10-5-3-4-6-11(10)18/h3-7,9,18H,1-2H3,(H,15,16). The van der Waals surface area contributed by atoms with Crippen LogP contribution in [0.2, 0.25) is 0 Å². The summed E-state index contributed by atoms with van der Waals surface area (Å²) in [5.41, 5.74) is 0.538. The highest BCUT2D eigenvalue weighted by Crippen LogP contribution is 2.16. The number of rotatable bonds is 3. The van der Waals surface area contributed by atoms with E-state index >= 15 is 0 Å². The average molecular weight is 262 g/mol. The van der Waals surface area contributed by atoms with Gasteiger partial charge >= 0.3 is 0 Å². The van der Waals surface area contributed by atoms with Gasteiger partial charge in [-0.25, -0.2) is 4.98 Å². The van der Waals surface area contributed by atoms with E-state index in [1.165, 1.54) is 0 Å². The number of carbonyl (C=O) groups is 1. The Bertz CT molecular complexity index is 566. The molecule has 1 unspecified atom stereocenters. The van der Waals surface area contributed by atoms with E-state index in [4.69, 9.17) is 4.42 Å². The monoisotopic (exact) mass is 262 g/mol. The second kappa shape index (κ2) is 5.27. The van der Waals surface area contributed by atoms with E-state index in [9.17, 15) is 4.79 Å². The van der Waals surface area contributed by atoms with Crippen molar-refractivity contribution in [3.8, 4) is 0 Å². The van der Waals surface area contributed by atoms with Crippen LogP contribution in [-0.2, 0) is 0 Å². The van der Waals surface area contributed by atoms with Crippen molar-refractivity contribution >= 4 is 18.5 Å². The molecular weight excluding hydrogens is 248 g/mol. The molecule has 2 aromatic rings. The van der Waals surface area contributed by atoms with Gasteiger partial charge in [0.05, 0.1) is 11.8 Å². The first kappa shape index (κ1) is 12.7. The largest absolute Gasteiger partial charge is 0.444 e. The van der Waals surface area contributed by atoms with E-state index in [2.05, 4.69) is 22.9 Å². The lowest BCUT2D eigenvalue weighted by molar-refractivity contribution is 0.0931. The third kappa shape index (κ3) is 2.73. The van der Waals surface area contributed by atoms with Gasteiger partial charge in [0.15, 0.2) is 0 Å². The number of amides is 1. The molecule has 0 aliphatic heterocycles. The highest BCUT2D eigenvalue weighted by molar-refractivity contribution is 7.80. The smallest absolute Gasteiger partial charge is 0.253 e. The summed E-state index contributed by atoms with van der Waals surface area (Å²) in [6.45, 7) is 3.64. The maximum atomic E-state index is 12.0. The number of benzene rings is 1. The van der Waals surface area contributed by atoms with Crippen LogP contribution in [0.3, 0.4) is 0 Å². The van der Waals surface area contributed by atoms with Crippen molar-refractivity contribution in [2.75, 3.05) is 0 Å². The van der Waals surface area contributed by atoms with Crippen LogP contribution in [0.1, 0.15) is 35.0 Å². The molecule has 2 rings (SSSR count). The molecule has 1 aromatic carbocycles. The number of aryl methyl sites for hydroxylation is 1. The summed E-state index contributed by atoms with van der Waals surface area (Å²) in [5, 5.41) is 2.82. The third-order valence-electron chi connectivity index (χ3n) is 2.51. The molecule has 1 N–H and O–H groups in total. The van der Waals surface area contributed by atoms with Crippen LogP contribution in [-0.4, -0.2) is 10.9 Å². The summed E-state index contributed by atoms with van der Waals surface area (Å²) < 4.78 is 5.37. The molecule has 94 valence electrons. The van der Waals surface area contributed by atoms with E-state index in [-0.39, 0.29) is 11.9 Å². The summed E-state index contributed by atoms with van der Waals surface area (Å²) in [7, 11) is 0. The summed E-state index contributed by atoms with van der Waals surface area (Å²) in [6, 6.07) is 6.86. The van der Waals surface area contributed by atoms with Gasteiger partial charge in [-0.15, -0.1) is 12.6 Å². The van der Waals surface area contributed by atoms with Crippen LogP contribution in [0.15, 0.2) is 39.8 Å². The maximum absolute atomic E-state index is 12.0. The average Bonchev–Trinajstić information content (AvgIpc) is 2.76. The lowest BCUT2D eigenvalue weighted by Crippen LogP contribution is -2.27. The Kier molecular flexibility index (Phi) is 3.72. The Morgan fingerprint density at radius 2 is 2.17 bits per heavy atom. The molecule has 0 saturated heterocycles. The lowest BCUT2D eigenvalue weighted by atomic mass is 10.2.